The van der Waals surface area contributed by atoms with Crippen LogP contribution in [0, 0.1) is 5.41 Å². The second-order valence-electron chi connectivity index (χ2n) is 9.53. The minimum absolute atomic E-state index is 0.0768. The number of nitrogens with two attached hydrogens (primary N) is 1. The number of likely N-dealkylation sites (tertiary alicyclic amines) is 2. The van der Waals surface area contributed by atoms with E-state index in [2.05, 4.69) is 22.8 Å². The molecule has 0 aliphatic carbocycles. The van der Waals surface area contributed by atoms with Crippen LogP contribution >= 0.6 is 0 Å². The van der Waals surface area contributed by atoms with Crippen molar-refractivity contribution < 1.29 is 19.4 Å². The van der Waals surface area contributed by atoms with Crippen LogP contribution in [-0.2, 0) is 17.7 Å². The molecule has 2 saturated heterocycles. The van der Waals surface area contributed by atoms with Gasteiger partial charge in [0.1, 0.15) is 12.4 Å². The van der Waals surface area contributed by atoms with E-state index in [1.165, 1.54) is 18.4 Å². The molecule has 0 aromatic heterocycles. The topological polar surface area (TPSA) is 115 Å². The molecule has 1 aromatic rings. The van der Waals surface area contributed by atoms with Gasteiger partial charge in [-0.05, 0) is 62.2 Å². The third-order valence-corrected chi connectivity index (χ3v) is 7.57. The molecule has 0 bridgehead atoms. The van der Waals surface area contributed by atoms with Crippen molar-refractivity contribution in [2.45, 2.75) is 57.2 Å². The lowest BCUT2D eigenvalue weighted by molar-refractivity contribution is -0.0863. The summed E-state index contributed by atoms with van der Waals surface area (Å²) in [5, 5.41) is 17.1. The van der Waals surface area contributed by atoms with E-state index in [9.17, 15) is 9.90 Å². The van der Waals surface area contributed by atoms with E-state index in [0.717, 1.165) is 51.3 Å². The fourth-order valence-corrected chi connectivity index (χ4v) is 5.40. The van der Waals surface area contributed by atoms with Crippen molar-refractivity contribution in [1.29, 1.82) is 5.41 Å². The fourth-order valence-electron chi connectivity index (χ4n) is 5.40. The van der Waals surface area contributed by atoms with Crippen molar-refractivity contribution in [1.82, 2.24) is 14.7 Å². The van der Waals surface area contributed by atoms with Crippen molar-refractivity contribution >= 4 is 12.1 Å². The number of carbonyl (C=O) groups is 1. The van der Waals surface area contributed by atoms with E-state index in [1.54, 1.807) is 0 Å². The van der Waals surface area contributed by atoms with E-state index < -0.39 is 11.8 Å². The Morgan fingerprint density at radius 2 is 1.91 bits per heavy atom. The molecule has 33 heavy (non-hydrogen) atoms. The number of hydrogen-bond donors (Lipinski definition) is 3. The predicted octanol–water partition coefficient (Wildman–Crippen LogP) is 2.33. The van der Waals surface area contributed by atoms with Gasteiger partial charge in [0.25, 0.3) is 0 Å². The van der Waals surface area contributed by atoms with Gasteiger partial charge in [-0.2, -0.15) is 0 Å². The van der Waals surface area contributed by atoms with Gasteiger partial charge in [-0.15, -0.1) is 0 Å². The van der Waals surface area contributed by atoms with E-state index in [1.807, 2.05) is 17.0 Å². The normalized spacial score (nSPS) is 21.9. The van der Waals surface area contributed by atoms with Gasteiger partial charge in [-0.3, -0.25) is 10.3 Å². The van der Waals surface area contributed by atoms with Gasteiger partial charge in [0.2, 0.25) is 0 Å². The lowest BCUT2D eigenvalue weighted by Crippen LogP contribution is -2.54. The van der Waals surface area contributed by atoms with Crippen LogP contribution in [-0.4, -0.2) is 89.4 Å². The number of ether oxygens (including phenoxy) is 2. The van der Waals surface area contributed by atoms with Crippen molar-refractivity contribution in [2.24, 2.45) is 5.73 Å². The Labute approximate surface area is 195 Å². The molecule has 3 aliphatic heterocycles. The Morgan fingerprint density at radius 3 is 2.55 bits per heavy atom. The lowest BCUT2D eigenvalue weighted by atomic mass is 9.89. The number of fused-ring (bicyclic) bond motifs is 1. The molecule has 1 aromatic carbocycles. The highest BCUT2D eigenvalue weighted by atomic mass is 16.7. The number of benzene rings is 1. The Bertz CT molecular complexity index is 847. The third kappa shape index (κ3) is 5.70. The Balaban J connectivity index is 1.36. The largest absolute Gasteiger partial charge is 0.506 e. The van der Waals surface area contributed by atoms with Crippen molar-refractivity contribution in [3.8, 4) is 5.75 Å². The third-order valence-electron chi connectivity index (χ3n) is 7.57. The second-order valence-corrected chi connectivity index (χ2v) is 9.53. The first-order valence-electron chi connectivity index (χ1n) is 12.1. The number of carboxylic acid groups (broad SMARTS) is 1. The second kappa shape index (κ2) is 10.2. The molecule has 3 aliphatic rings. The fraction of sp³-hybridized carbons (Fsp3) is 0.667. The lowest BCUT2D eigenvalue weighted by Gasteiger charge is -2.45. The molecule has 0 radical (unpaired) electrons. The smallest absolute Gasteiger partial charge is 0.489 e. The summed E-state index contributed by atoms with van der Waals surface area (Å²) in [4.78, 5) is 18.3. The molecule has 0 saturated carbocycles. The highest BCUT2D eigenvalue weighted by molar-refractivity contribution is 5.75. The summed E-state index contributed by atoms with van der Waals surface area (Å²) in [5.74, 6) is 0.773. The number of nitrogens with zero attached hydrogens (tertiary/aromatic N) is 3. The Hall–Kier alpha value is -2.52. The molecule has 182 valence electrons. The van der Waals surface area contributed by atoms with Crippen LogP contribution in [0.4, 0.5) is 4.79 Å². The van der Waals surface area contributed by atoms with Gasteiger partial charge in [0.15, 0.2) is 11.6 Å². The van der Waals surface area contributed by atoms with Gasteiger partial charge < -0.3 is 30.1 Å². The highest BCUT2D eigenvalue weighted by Crippen LogP contribution is 2.32. The van der Waals surface area contributed by atoms with Crippen LogP contribution in [0.15, 0.2) is 18.2 Å². The van der Waals surface area contributed by atoms with Crippen molar-refractivity contribution in [3.05, 3.63) is 29.3 Å². The van der Waals surface area contributed by atoms with Gasteiger partial charge in [-0.1, -0.05) is 13.0 Å². The maximum atomic E-state index is 11.5. The van der Waals surface area contributed by atoms with E-state index in [-0.39, 0.29) is 12.6 Å². The number of guanidine groups is 1. The molecule has 0 atom stereocenters. The highest BCUT2D eigenvalue weighted by Gasteiger charge is 2.41. The molecule has 9 nitrogen and oxygen atoms in total. The first-order valence-corrected chi connectivity index (χ1v) is 12.1. The molecule has 0 unspecified atom stereocenters. The molecule has 3 heterocycles. The van der Waals surface area contributed by atoms with Crippen LogP contribution in [0.5, 0.6) is 5.75 Å². The zero-order valence-corrected chi connectivity index (χ0v) is 19.6. The van der Waals surface area contributed by atoms with Crippen LogP contribution in [0.25, 0.3) is 0 Å². The van der Waals surface area contributed by atoms with Crippen LogP contribution in [0.3, 0.4) is 0 Å². The summed E-state index contributed by atoms with van der Waals surface area (Å²) in [7, 11) is 0. The Morgan fingerprint density at radius 1 is 1.18 bits per heavy atom. The molecule has 4 rings (SSSR count). The first-order chi connectivity index (χ1) is 15.9. The zero-order chi connectivity index (χ0) is 23.4. The molecule has 0 spiro atoms. The average molecular weight is 460 g/mol. The van der Waals surface area contributed by atoms with Gasteiger partial charge in [0.05, 0.1) is 0 Å². The summed E-state index contributed by atoms with van der Waals surface area (Å²) >= 11 is 0. The van der Waals surface area contributed by atoms with Crippen LogP contribution in [0.2, 0.25) is 0 Å². The number of nitrogens with one attached hydrogen (secondary N) is 1. The molecular weight excluding hydrogens is 422 g/mol. The molecule has 0 amide bonds. The SMILES string of the molecule is CCN1CCC(N2CCC(COc3ccc4c(c3)CN(C(=N)N)CC4)(OC(=O)O)CC2)CC1. The quantitative estimate of drug-likeness (QED) is 0.337. The summed E-state index contributed by atoms with van der Waals surface area (Å²) in [6.45, 7) is 8.77. The van der Waals surface area contributed by atoms with Crippen molar-refractivity contribution in [3.63, 3.8) is 0 Å². The number of piperidine rings is 2. The predicted molar refractivity (Wildman–Crippen MR) is 126 cm³/mol. The van der Waals surface area contributed by atoms with Gasteiger partial charge in [0, 0.05) is 45.1 Å². The average Bonchev–Trinajstić information content (AvgIpc) is 2.82. The Kier molecular flexibility index (Phi) is 7.29. The summed E-state index contributed by atoms with van der Waals surface area (Å²) in [5.41, 5.74) is 7.16. The van der Waals surface area contributed by atoms with E-state index in [0.29, 0.717) is 31.2 Å². The summed E-state index contributed by atoms with van der Waals surface area (Å²) in [6.07, 6.45) is 3.21. The number of rotatable bonds is 6. The minimum atomic E-state index is -1.24. The molecule has 2 fully saturated rings. The maximum Gasteiger partial charge on any atom is 0.506 e. The van der Waals surface area contributed by atoms with E-state index >= 15 is 0 Å². The van der Waals surface area contributed by atoms with Crippen LogP contribution in [0.1, 0.15) is 43.7 Å². The summed E-state index contributed by atoms with van der Waals surface area (Å²) < 4.78 is 11.5. The van der Waals surface area contributed by atoms with Crippen LogP contribution < -0.4 is 10.5 Å². The number of hydrogen-bond acceptors (Lipinski definition) is 6. The molecular formula is C24H37N5O4. The van der Waals surface area contributed by atoms with Gasteiger partial charge in [-0.25, -0.2) is 4.79 Å². The molecule has 9 heteroatoms. The van der Waals surface area contributed by atoms with E-state index in [4.69, 9.17) is 20.6 Å². The maximum absolute atomic E-state index is 11.5. The van der Waals surface area contributed by atoms with Gasteiger partial charge >= 0.3 is 6.16 Å². The minimum Gasteiger partial charge on any atom is -0.489 e. The van der Waals surface area contributed by atoms with Crippen molar-refractivity contribution in [2.75, 3.05) is 45.9 Å². The summed E-state index contributed by atoms with van der Waals surface area (Å²) in [6, 6.07) is 6.54. The monoisotopic (exact) mass is 459 g/mol. The zero-order valence-electron chi connectivity index (χ0n) is 19.6. The molecule has 4 N–H and O–H groups in total. The first kappa shape index (κ1) is 23.6. The standard InChI is InChI=1S/C24H37N5O4/c1-2-27-10-6-20(7-11-27)28-13-8-24(9-14-28,33-23(30)31)17-32-21-4-3-18-5-12-29(22(25)26)16-19(18)15-21/h3-4,15,20H,2,5-14,16-17H2,1H3,(H3,25,26)(H,30,31).